The highest BCUT2D eigenvalue weighted by Crippen LogP contribution is 2.29. The quantitative estimate of drug-likeness (QED) is 0.338. The van der Waals surface area contributed by atoms with Gasteiger partial charge in [0.05, 0.1) is 16.3 Å². The second-order valence-corrected chi connectivity index (χ2v) is 10.4. The molecule has 1 heterocycles. The van der Waals surface area contributed by atoms with E-state index < -0.39 is 34.0 Å². The summed E-state index contributed by atoms with van der Waals surface area (Å²) in [7, 11) is -4.22. The molecule has 0 amide bonds. The number of carbonyl (C=O) groups is 2. The molecule has 0 radical (unpaired) electrons. The Morgan fingerprint density at radius 2 is 1.40 bits per heavy atom. The SMILES string of the molecule is O=C(O)C(F)(F)F.O=C(O)c1cc(N2CCN(c3ccccc3)CC2)ccc1NS(=O)(=O)c1ccc(F)cc1Cl. The van der Waals surface area contributed by atoms with Crippen molar-refractivity contribution in [3.63, 3.8) is 0 Å². The maximum Gasteiger partial charge on any atom is 0.490 e. The van der Waals surface area contributed by atoms with Crippen LogP contribution in [-0.4, -0.2) is 62.9 Å². The molecule has 3 aromatic rings. The topological polar surface area (TPSA) is 127 Å². The Morgan fingerprint density at radius 1 is 0.850 bits per heavy atom. The second kappa shape index (κ2) is 12.4. The fourth-order valence-electron chi connectivity index (χ4n) is 3.75. The van der Waals surface area contributed by atoms with Crippen molar-refractivity contribution < 1.29 is 45.8 Å². The molecule has 0 aromatic heterocycles. The van der Waals surface area contributed by atoms with Crippen LogP contribution in [0.5, 0.6) is 0 Å². The van der Waals surface area contributed by atoms with E-state index in [-0.39, 0.29) is 21.2 Å². The Morgan fingerprint density at radius 3 is 1.90 bits per heavy atom. The van der Waals surface area contributed by atoms with E-state index in [0.29, 0.717) is 18.8 Å². The number of nitrogens with zero attached hydrogens (tertiary/aromatic N) is 2. The van der Waals surface area contributed by atoms with E-state index >= 15 is 0 Å². The maximum absolute atomic E-state index is 13.3. The van der Waals surface area contributed by atoms with Crippen LogP contribution in [0, 0.1) is 5.82 Å². The van der Waals surface area contributed by atoms with Crippen LogP contribution < -0.4 is 14.5 Å². The molecule has 3 N–H and O–H groups in total. The largest absolute Gasteiger partial charge is 0.490 e. The highest BCUT2D eigenvalue weighted by atomic mass is 35.5. The molecule has 0 aliphatic carbocycles. The van der Waals surface area contributed by atoms with Gasteiger partial charge in [0.15, 0.2) is 0 Å². The molecule has 4 rings (SSSR count). The number of hydrogen-bond acceptors (Lipinski definition) is 6. The zero-order valence-corrected chi connectivity index (χ0v) is 22.0. The summed E-state index contributed by atoms with van der Waals surface area (Å²) in [6, 6.07) is 17.5. The first-order valence-corrected chi connectivity index (χ1v) is 13.3. The van der Waals surface area contributed by atoms with Gasteiger partial charge in [-0.1, -0.05) is 29.8 Å². The van der Waals surface area contributed by atoms with Gasteiger partial charge in [-0.2, -0.15) is 13.2 Å². The number of para-hydroxylation sites is 1. The Kier molecular flexibility index (Phi) is 9.48. The average molecular weight is 604 g/mol. The van der Waals surface area contributed by atoms with Gasteiger partial charge in [0.2, 0.25) is 0 Å². The third-order valence-electron chi connectivity index (χ3n) is 5.67. The van der Waals surface area contributed by atoms with Gasteiger partial charge < -0.3 is 20.0 Å². The predicted octanol–water partition coefficient (Wildman–Crippen LogP) is 4.94. The number of anilines is 3. The van der Waals surface area contributed by atoms with Gasteiger partial charge in [-0.05, 0) is 48.5 Å². The van der Waals surface area contributed by atoms with Crippen LogP contribution in [0.15, 0.2) is 71.6 Å². The predicted molar refractivity (Wildman–Crippen MR) is 140 cm³/mol. The summed E-state index contributed by atoms with van der Waals surface area (Å²) < 4.78 is 72.8. The molecule has 1 aliphatic rings. The molecule has 0 unspecified atom stereocenters. The van der Waals surface area contributed by atoms with Crippen molar-refractivity contribution in [3.05, 3.63) is 83.1 Å². The fraction of sp³-hybridized carbons (Fsp3) is 0.200. The van der Waals surface area contributed by atoms with Crippen molar-refractivity contribution >= 4 is 50.6 Å². The van der Waals surface area contributed by atoms with Crippen LogP contribution >= 0.6 is 11.6 Å². The summed E-state index contributed by atoms with van der Waals surface area (Å²) in [5.74, 6) is -4.71. The zero-order valence-electron chi connectivity index (χ0n) is 20.4. The van der Waals surface area contributed by atoms with Gasteiger partial charge in [-0.3, -0.25) is 4.72 Å². The minimum Gasteiger partial charge on any atom is -0.478 e. The van der Waals surface area contributed by atoms with E-state index in [0.717, 1.165) is 37.0 Å². The lowest BCUT2D eigenvalue weighted by atomic mass is 10.1. The van der Waals surface area contributed by atoms with Crippen molar-refractivity contribution in [2.24, 2.45) is 0 Å². The molecule has 1 aliphatic heterocycles. The molecule has 40 heavy (non-hydrogen) atoms. The van der Waals surface area contributed by atoms with Crippen LogP contribution in [-0.2, 0) is 14.8 Å². The molecular weight excluding hydrogens is 582 g/mol. The Labute approximate surface area is 231 Å². The van der Waals surface area contributed by atoms with Crippen molar-refractivity contribution in [2.75, 3.05) is 40.7 Å². The number of aliphatic carboxylic acids is 1. The number of hydrogen-bond donors (Lipinski definition) is 3. The molecular formula is C25H22ClF4N3O6S. The van der Waals surface area contributed by atoms with E-state index in [1.807, 2.05) is 30.3 Å². The third-order valence-corrected chi connectivity index (χ3v) is 7.52. The van der Waals surface area contributed by atoms with E-state index in [2.05, 4.69) is 14.5 Å². The van der Waals surface area contributed by atoms with Gasteiger partial charge in [0, 0.05) is 37.6 Å². The molecule has 3 aromatic carbocycles. The number of aromatic carboxylic acids is 1. The van der Waals surface area contributed by atoms with E-state index in [1.54, 1.807) is 6.07 Å². The second-order valence-electron chi connectivity index (χ2n) is 8.33. The lowest BCUT2D eigenvalue weighted by molar-refractivity contribution is -0.192. The fourth-order valence-corrected chi connectivity index (χ4v) is 5.36. The van der Waals surface area contributed by atoms with Crippen LogP contribution in [0.4, 0.5) is 34.6 Å². The van der Waals surface area contributed by atoms with Crippen molar-refractivity contribution in [2.45, 2.75) is 11.1 Å². The summed E-state index contributed by atoms with van der Waals surface area (Å²) in [4.78, 5) is 24.8. The Bertz CT molecular complexity index is 1480. The number of carboxylic acid groups (broad SMARTS) is 2. The summed E-state index contributed by atoms with van der Waals surface area (Å²) in [5.41, 5.74) is 1.52. The van der Waals surface area contributed by atoms with E-state index in [1.165, 1.54) is 12.1 Å². The number of rotatable bonds is 6. The van der Waals surface area contributed by atoms with Crippen molar-refractivity contribution in [1.29, 1.82) is 0 Å². The number of carboxylic acids is 2. The number of piperazine rings is 1. The van der Waals surface area contributed by atoms with E-state index in [4.69, 9.17) is 21.5 Å². The molecule has 1 fully saturated rings. The average Bonchev–Trinajstić information content (AvgIpc) is 2.89. The standard InChI is InChI=1S/C23H21ClFN3O4S.C2HF3O2/c24-20-14-16(25)6-9-22(20)33(31,32)26-21-8-7-18(15-19(21)23(29)30)28-12-10-27(11-13-28)17-4-2-1-3-5-17;3-2(4,5)1(6)7/h1-9,14-15,26H,10-13H2,(H,29,30);(H,6,7). The minimum absolute atomic E-state index is 0.102. The summed E-state index contributed by atoms with van der Waals surface area (Å²) in [6.45, 7) is 2.90. The third kappa shape index (κ3) is 7.76. The normalized spacial score (nSPS) is 13.7. The first kappa shape index (κ1) is 30.5. The van der Waals surface area contributed by atoms with Crippen LogP contribution in [0.25, 0.3) is 0 Å². The zero-order chi connectivity index (χ0) is 29.7. The lowest BCUT2D eigenvalue weighted by Gasteiger charge is -2.37. The van der Waals surface area contributed by atoms with Gasteiger partial charge >= 0.3 is 18.1 Å². The molecule has 214 valence electrons. The molecule has 15 heteroatoms. The number of halogens is 5. The monoisotopic (exact) mass is 603 g/mol. The summed E-state index contributed by atoms with van der Waals surface area (Å²) in [5, 5.41) is 16.5. The smallest absolute Gasteiger partial charge is 0.478 e. The number of benzene rings is 3. The minimum atomic E-state index is -5.08. The van der Waals surface area contributed by atoms with Crippen molar-refractivity contribution in [3.8, 4) is 0 Å². The van der Waals surface area contributed by atoms with Gasteiger partial charge in [-0.15, -0.1) is 0 Å². The van der Waals surface area contributed by atoms with Crippen LogP contribution in [0.3, 0.4) is 0 Å². The molecule has 1 saturated heterocycles. The van der Waals surface area contributed by atoms with Crippen LogP contribution in [0.1, 0.15) is 10.4 Å². The summed E-state index contributed by atoms with van der Waals surface area (Å²) >= 11 is 5.88. The Balaban J connectivity index is 0.000000559. The van der Waals surface area contributed by atoms with E-state index in [9.17, 15) is 35.9 Å². The van der Waals surface area contributed by atoms with Gasteiger partial charge in [-0.25, -0.2) is 22.4 Å². The number of nitrogens with one attached hydrogen (secondary N) is 1. The number of sulfonamides is 1. The molecule has 9 nitrogen and oxygen atoms in total. The van der Waals surface area contributed by atoms with Gasteiger partial charge in [0.1, 0.15) is 10.7 Å². The molecule has 0 saturated carbocycles. The molecule has 0 bridgehead atoms. The number of alkyl halides is 3. The maximum atomic E-state index is 13.3. The summed E-state index contributed by atoms with van der Waals surface area (Å²) in [6.07, 6.45) is -5.08. The highest BCUT2D eigenvalue weighted by molar-refractivity contribution is 7.92. The first-order chi connectivity index (χ1) is 18.7. The van der Waals surface area contributed by atoms with Crippen molar-refractivity contribution in [1.82, 2.24) is 0 Å². The molecule has 0 atom stereocenters. The highest BCUT2D eigenvalue weighted by Gasteiger charge is 2.38. The lowest BCUT2D eigenvalue weighted by Crippen LogP contribution is -2.46. The Hall–Kier alpha value is -4.04. The first-order valence-electron chi connectivity index (χ1n) is 11.4. The van der Waals surface area contributed by atoms with Gasteiger partial charge in [0.25, 0.3) is 10.0 Å². The molecule has 0 spiro atoms. The van der Waals surface area contributed by atoms with Crippen LogP contribution in [0.2, 0.25) is 5.02 Å².